The zero-order valence-corrected chi connectivity index (χ0v) is 32.5. The molecule has 0 saturated heterocycles. The van der Waals surface area contributed by atoms with Crippen molar-refractivity contribution < 1.29 is 0 Å². The zero-order chi connectivity index (χ0) is 37.1. The van der Waals surface area contributed by atoms with Crippen molar-refractivity contribution in [2.75, 3.05) is 9.80 Å². The molecule has 0 radical (unpaired) electrons. The van der Waals surface area contributed by atoms with Crippen molar-refractivity contribution in [3.8, 4) is 0 Å². The van der Waals surface area contributed by atoms with Crippen LogP contribution >= 0.6 is 0 Å². The number of hydrogen-bond acceptors (Lipinski definition) is 2. The molecule has 0 aromatic heterocycles. The van der Waals surface area contributed by atoms with E-state index in [1.165, 1.54) is 99.6 Å². The SMILES string of the molecule is C=C.CC/C(C)=C\C=C(/CC)N(c1ccc(C)cc1)c1ccc(C2(c3ccc(N(c4ccc(C)cc4)c4ccc(C)cc4)cc3)CCCCC2)cc1. The van der Waals surface area contributed by atoms with Crippen molar-refractivity contribution in [3.05, 3.63) is 186 Å². The molecule has 0 bridgehead atoms. The minimum Gasteiger partial charge on any atom is -0.314 e. The van der Waals surface area contributed by atoms with E-state index < -0.39 is 0 Å². The highest BCUT2D eigenvalue weighted by Gasteiger charge is 2.36. The Morgan fingerprint density at radius 3 is 1.27 bits per heavy atom. The summed E-state index contributed by atoms with van der Waals surface area (Å²) in [6, 6.07) is 45.7. The molecule has 1 aliphatic carbocycles. The first-order valence-corrected chi connectivity index (χ1v) is 19.2. The molecule has 1 aliphatic rings. The van der Waals surface area contributed by atoms with Gasteiger partial charge in [-0.2, -0.15) is 0 Å². The molecule has 2 heteroatoms. The van der Waals surface area contributed by atoms with Crippen LogP contribution in [0.4, 0.5) is 28.4 Å². The maximum absolute atomic E-state index is 3.00. The predicted octanol–water partition coefficient (Wildman–Crippen LogP) is 14.9. The van der Waals surface area contributed by atoms with E-state index in [0.29, 0.717) is 0 Å². The molecule has 0 spiro atoms. The van der Waals surface area contributed by atoms with Crippen molar-refractivity contribution in [1.82, 2.24) is 0 Å². The Labute approximate surface area is 314 Å². The summed E-state index contributed by atoms with van der Waals surface area (Å²) in [6.45, 7) is 19.2. The number of rotatable bonds is 11. The fraction of sp³-hybridized carbons (Fsp3) is 0.280. The Hall–Kier alpha value is -5.08. The average Bonchev–Trinajstić information content (AvgIpc) is 3.20. The van der Waals surface area contributed by atoms with Crippen molar-refractivity contribution in [2.45, 2.75) is 91.9 Å². The third-order valence-electron chi connectivity index (χ3n) is 10.7. The van der Waals surface area contributed by atoms with E-state index in [-0.39, 0.29) is 5.41 Å². The van der Waals surface area contributed by atoms with Gasteiger partial charge in [0.15, 0.2) is 0 Å². The fourth-order valence-electron chi connectivity index (χ4n) is 7.47. The van der Waals surface area contributed by atoms with E-state index >= 15 is 0 Å². The monoisotopic (exact) mass is 686 g/mol. The molecule has 0 aliphatic heterocycles. The second-order valence-electron chi connectivity index (χ2n) is 14.3. The van der Waals surface area contributed by atoms with Crippen LogP contribution in [0.5, 0.6) is 0 Å². The summed E-state index contributed by atoms with van der Waals surface area (Å²) in [5.74, 6) is 0. The predicted molar refractivity (Wildman–Crippen MR) is 228 cm³/mol. The smallest absolute Gasteiger partial charge is 0.0461 e. The van der Waals surface area contributed by atoms with Crippen LogP contribution in [0.3, 0.4) is 0 Å². The second-order valence-corrected chi connectivity index (χ2v) is 14.3. The van der Waals surface area contributed by atoms with Gasteiger partial charge in [-0.3, -0.25) is 0 Å². The molecule has 0 unspecified atom stereocenters. The number of nitrogens with zero attached hydrogens (tertiary/aromatic N) is 2. The van der Waals surface area contributed by atoms with Gasteiger partial charge in [0, 0.05) is 39.5 Å². The van der Waals surface area contributed by atoms with E-state index in [0.717, 1.165) is 12.8 Å². The van der Waals surface area contributed by atoms with E-state index in [4.69, 9.17) is 0 Å². The van der Waals surface area contributed by atoms with Gasteiger partial charge in [0.1, 0.15) is 0 Å². The largest absolute Gasteiger partial charge is 0.314 e. The van der Waals surface area contributed by atoms with Gasteiger partial charge in [0.05, 0.1) is 0 Å². The summed E-state index contributed by atoms with van der Waals surface area (Å²) in [5, 5.41) is 0. The summed E-state index contributed by atoms with van der Waals surface area (Å²) in [6.07, 6.45) is 12.8. The van der Waals surface area contributed by atoms with Crippen LogP contribution in [0.1, 0.15) is 93.5 Å². The van der Waals surface area contributed by atoms with Gasteiger partial charge in [0.25, 0.3) is 0 Å². The van der Waals surface area contributed by atoms with E-state index in [9.17, 15) is 0 Å². The van der Waals surface area contributed by atoms with Crippen molar-refractivity contribution >= 4 is 28.4 Å². The van der Waals surface area contributed by atoms with Gasteiger partial charge in [-0.25, -0.2) is 0 Å². The lowest BCUT2D eigenvalue weighted by Crippen LogP contribution is -2.30. The average molecular weight is 687 g/mol. The van der Waals surface area contributed by atoms with Gasteiger partial charge in [-0.05, 0) is 131 Å². The van der Waals surface area contributed by atoms with Crippen molar-refractivity contribution in [2.24, 2.45) is 0 Å². The Kier molecular flexibility index (Phi) is 13.1. The molecule has 268 valence electrons. The first-order valence-electron chi connectivity index (χ1n) is 19.2. The lowest BCUT2D eigenvalue weighted by atomic mass is 9.65. The molecule has 1 saturated carbocycles. The summed E-state index contributed by atoms with van der Waals surface area (Å²) < 4.78 is 0. The minimum absolute atomic E-state index is 0.00689. The normalized spacial score (nSPS) is 14.3. The summed E-state index contributed by atoms with van der Waals surface area (Å²) in [7, 11) is 0. The van der Waals surface area contributed by atoms with Crippen LogP contribution in [0.25, 0.3) is 0 Å². The molecule has 0 heterocycles. The van der Waals surface area contributed by atoms with Crippen LogP contribution in [0, 0.1) is 20.8 Å². The molecule has 5 aromatic carbocycles. The van der Waals surface area contributed by atoms with E-state index in [2.05, 4.69) is 198 Å². The molecule has 5 aromatic rings. The number of hydrogen-bond donors (Lipinski definition) is 0. The molecule has 1 fully saturated rings. The maximum atomic E-state index is 3.00. The number of benzene rings is 5. The minimum atomic E-state index is 0.00689. The summed E-state index contributed by atoms with van der Waals surface area (Å²) in [4.78, 5) is 4.82. The van der Waals surface area contributed by atoms with E-state index in [1.807, 2.05) is 0 Å². The number of allylic oxidation sites excluding steroid dienone is 4. The van der Waals surface area contributed by atoms with Crippen LogP contribution in [0.2, 0.25) is 0 Å². The Bertz CT molecular complexity index is 1860. The second kappa shape index (κ2) is 17.9. The molecule has 52 heavy (non-hydrogen) atoms. The first-order chi connectivity index (χ1) is 25.3. The molecule has 6 rings (SSSR count). The van der Waals surface area contributed by atoms with Gasteiger partial charge in [0.2, 0.25) is 0 Å². The number of anilines is 5. The third-order valence-corrected chi connectivity index (χ3v) is 10.7. The van der Waals surface area contributed by atoms with E-state index in [1.54, 1.807) is 0 Å². The quantitative estimate of drug-likeness (QED) is 0.101. The molecular weight excluding hydrogens is 629 g/mol. The Balaban J connectivity index is 0.00000257. The molecule has 2 nitrogen and oxygen atoms in total. The zero-order valence-electron chi connectivity index (χ0n) is 32.5. The van der Waals surface area contributed by atoms with Gasteiger partial charge >= 0.3 is 0 Å². The highest BCUT2D eigenvalue weighted by Crippen LogP contribution is 2.47. The van der Waals surface area contributed by atoms with Gasteiger partial charge in [-0.1, -0.05) is 122 Å². The lowest BCUT2D eigenvalue weighted by Gasteiger charge is -2.39. The van der Waals surface area contributed by atoms with Crippen molar-refractivity contribution in [3.63, 3.8) is 0 Å². The molecular formula is C50H58N2. The number of aryl methyl sites for hydroxylation is 3. The lowest BCUT2D eigenvalue weighted by molar-refractivity contribution is 0.346. The third kappa shape index (κ3) is 8.68. The Morgan fingerprint density at radius 2 is 0.885 bits per heavy atom. The maximum Gasteiger partial charge on any atom is 0.0461 e. The first kappa shape index (κ1) is 38.2. The molecule has 0 amide bonds. The van der Waals surface area contributed by atoms with Crippen LogP contribution in [-0.2, 0) is 5.41 Å². The van der Waals surface area contributed by atoms with Crippen LogP contribution in [-0.4, -0.2) is 0 Å². The van der Waals surface area contributed by atoms with Gasteiger partial charge < -0.3 is 9.80 Å². The topological polar surface area (TPSA) is 6.48 Å². The highest BCUT2D eigenvalue weighted by molar-refractivity contribution is 5.77. The highest BCUT2D eigenvalue weighted by atomic mass is 15.1. The Morgan fingerprint density at radius 1 is 0.519 bits per heavy atom. The van der Waals surface area contributed by atoms with Crippen LogP contribution < -0.4 is 9.80 Å². The van der Waals surface area contributed by atoms with Crippen molar-refractivity contribution in [1.29, 1.82) is 0 Å². The summed E-state index contributed by atoms with van der Waals surface area (Å²) in [5.41, 5.74) is 15.3. The fourth-order valence-corrected chi connectivity index (χ4v) is 7.47. The summed E-state index contributed by atoms with van der Waals surface area (Å²) >= 11 is 0. The van der Waals surface area contributed by atoms with Gasteiger partial charge in [-0.15, -0.1) is 13.2 Å². The molecule has 0 atom stereocenters. The van der Waals surface area contributed by atoms with Crippen LogP contribution in [0.15, 0.2) is 158 Å². The molecule has 0 N–H and O–H groups in total. The standard InChI is InChI=1S/C48H54N2.C2H4/c1-7-36(3)12-23-42(8-2)49(43-24-13-37(4)14-25-43)46-30-19-40(20-31-46)48(34-10-9-11-35-48)41-21-32-47(33-22-41)50(44-26-15-38(5)16-27-44)45-28-17-39(6)18-29-45;1-2/h12-33H,7-11,34-35H2,1-6H3;1-2H2/b36-12-,42-23+;.